The quantitative estimate of drug-likeness (QED) is 0.258. The molecule has 4 nitrogen and oxygen atoms in total. The summed E-state index contributed by atoms with van der Waals surface area (Å²) in [5, 5.41) is 0. The van der Waals surface area contributed by atoms with Crippen LogP contribution in [-0.4, -0.2) is 25.2 Å². The van der Waals surface area contributed by atoms with Crippen LogP contribution in [0, 0.1) is 0 Å². The molecule has 0 radical (unpaired) electrons. The highest BCUT2D eigenvalue weighted by molar-refractivity contribution is 6.02. The summed E-state index contributed by atoms with van der Waals surface area (Å²) in [5.41, 5.74) is 4.43. The van der Waals surface area contributed by atoms with Crippen molar-refractivity contribution in [1.29, 1.82) is 0 Å². The van der Waals surface area contributed by atoms with E-state index in [-0.39, 0.29) is 11.9 Å². The number of rotatable bonds is 10. The second-order valence-corrected chi connectivity index (χ2v) is 7.65. The molecule has 4 heteroatoms. The van der Waals surface area contributed by atoms with Gasteiger partial charge in [0.2, 0.25) is 0 Å². The van der Waals surface area contributed by atoms with Gasteiger partial charge in [0, 0.05) is 5.56 Å². The molecule has 3 rings (SSSR count). The first-order valence-electron chi connectivity index (χ1n) is 11.3. The fourth-order valence-corrected chi connectivity index (χ4v) is 3.47. The Hall–Kier alpha value is -3.40. The van der Waals surface area contributed by atoms with E-state index in [9.17, 15) is 9.59 Å². The van der Waals surface area contributed by atoms with Gasteiger partial charge in [-0.3, -0.25) is 0 Å². The Balaban J connectivity index is 2.03. The lowest BCUT2D eigenvalue weighted by Gasteiger charge is -2.16. The Morgan fingerprint density at radius 1 is 0.688 bits per heavy atom. The highest BCUT2D eigenvalue weighted by Crippen LogP contribution is 2.36. The van der Waals surface area contributed by atoms with Crippen molar-refractivity contribution in [2.24, 2.45) is 0 Å². The molecule has 0 aliphatic heterocycles. The van der Waals surface area contributed by atoms with Gasteiger partial charge in [0.25, 0.3) is 0 Å². The topological polar surface area (TPSA) is 52.6 Å². The van der Waals surface area contributed by atoms with E-state index in [4.69, 9.17) is 9.47 Å². The first-order chi connectivity index (χ1) is 15.7. The predicted octanol–water partition coefficient (Wildman–Crippen LogP) is 6.93. The van der Waals surface area contributed by atoms with E-state index in [2.05, 4.69) is 13.8 Å². The molecule has 0 aromatic heterocycles. The van der Waals surface area contributed by atoms with Crippen LogP contribution in [0.4, 0.5) is 0 Å². The number of unbranched alkanes of at least 4 members (excludes halogenated alkanes) is 2. The number of ether oxygens (including phenoxy) is 2. The fraction of sp³-hybridized carbons (Fsp3) is 0.286. The first-order valence-corrected chi connectivity index (χ1v) is 11.3. The van der Waals surface area contributed by atoms with Gasteiger partial charge in [-0.05, 0) is 47.7 Å². The summed E-state index contributed by atoms with van der Waals surface area (Å²) in [6.45, 7) is 4.92. The molecule has 0 saturated heterocycles. The SMILES string of the molecule is CCCCOC(=O)c1cccc(-c2cccc(C(=O)OCCCC)c2-c2ccccc2)c1. The maximum atomic E-state index is 12.9. The van der Waals surface area contributed by atoms with Gasteiger partial charge in [-0.1, -0.05) is 81.3 Å². The van der Waals surface area contributed by atoms with E-state index in [1.807, 2.05) is 60.7 Å². The molecule has 166 valence electrons. The van der Waals surface area contributed by atoms with Gasteiger partial charge < -0.3 is 9.47 Å². The molecular formula is C28H30O4. The van der Waals surface area contributed by atoms with Crippen LogP contribution in [0.3, 0.4) is 0 Å². The van der Waals surface area contributed by atoms with Crippen LogP contribution in [0.2, 0.25) is 0 Å². The average molecular weight is 431 g/mol. The Labute approximate surface area is 190 Å². The minimum Gasteiger partial charge on any atom is -0.462 e. The van der Waals surface area contributed by atoms with Gasteiger partial charge >= 0.3 is 11.9 Å². The van der Waals surface area contributed by atoms with E-state index in [1.165, 1.54) is 0 Å². The number of hydrogen-bond donors (Lipinski definition) is 0. The Morgan fingerprint density at radius 3 is 2.00 bits per heavy atom. The molecule has 0 aliphatic carbocycles. The molecule has 3 aromatic rings. The predicted molar refractivity (Wildman–Crippen MR) is 128 cm³/mol. The smallest absolute Gasteiger partial charge is 0.338 e. The second-order valence-electron chi connectivity index (χ2n) is 7.65. The summed E-state index contributed by atoms with van der Waals surface area (Å²) in [6, 6.07) is 22.8. The summed E-state index contributed by atoms with van der Waals surface area (Å²) in [5.74, 6) is -0.675. The number of hydrogen-bond acceptors (Lipinski definition) is 4. The van der Waals surface area contributed by atoms with E-state index in [0.29, 0.717) is 24.3 Å². The normalized spacial score (nSPS) is 10.6. The molecular weight excluding hydrogens is 400 g/mol. The highest BCUT2D eigenvalue weighted by atomic mass is 16.5. The first kappa shape index (κ1) is 23.3. The van der Waals surface area contributed by atoms with Crippen LogP contribution in [0.25, 0.3) is 22.3 Å². The van der Waals surface area contributed by atoms with E-state index >= 15 is 0 Å². The molecule has 0 bridgehead atoms. The van der Waals surface area contributed by atoms with Crippen molar-refractivity contribution in [1.82, 2.24) is 0 Å². The van der Waals surface area contributed by atoms with Crippen molar-refractivity contribution in [2.45, 2.75) is 39.5 Å². The molecule has 0 atom stereocenters. The lowest BCUT2D eigenvalue weighted by molar-refractivity contribution is 0.0490. The zero-order valence-electron chi connectivity index (χ0n) is 18.8. The van der Waals surface area contributed by atoms with Crippen molar-refractivity contribution >= 4 is 11.9 Å². The standard InChI is InChI=1S/C28H30O4/c1-3-5-18-31-27(29)23-15-10-14-22(20-23)24-16-11-17-25(28(30)32-19-6-4-2)26(24)21-12-8-7-9-13-21/h7-17,20H,3-6,18-19H2,1-2H3. The summed E-state index contributed by atoms with van der Waals surface area (Å²) in [7, 11) is 0. The maximum absolute atomic E-state index is 12.9. The molecule has 3 aromatic carbocycles. The van der Waals surface area contributed by atoms with Gasteiger partial charge in [0.05, 0.1) is 24.3 Å². The van der Waals surface area contributed by atoms with Crippen molar-refractivity contribution in [3.63, 3.8) is 0 Å². The molecule has 0 aliphatic rings. The van der Waals surface area contributed by atoms with Gasteiger partial charge in [0.1, 0.15) is 0 Å². The second kappa shape index (κ2) is 11.8. The fourth-order valence-electron chi connectivity index (χ4n) is 3.47. The number of esters is 2. The minimum atomic E-state index is -0.339. The van der Waals surface area contributed by atoms with Crippen LogP contribution >= 0.6 is 0 Å². The summed E-state index contributed by atoms with van der Waals surface area (Å²) < 4.78 is 10.9. The Bertz CT molecular complexity index is 1040. The zero-order valence-corrected chi connectivity index (χ0v) is 18.8. The minimum absolute atomic E-state index is 0.336. The van der Waals surface area contributed by atoms with Crippen LogP contribution in [0.1, 0.15) is 60.2 Å². The van der Waals surface area contributed by atoms with E-state index in [0.717, 1.165) is 47.9 Å². The summed E-state index contributed by atoms with van der Waals surface area (Å²) in [6.07, 6.45) is 3.59. The largest absolute Gasteiger partial charge is 0.462 e. The summed E-state index contributed by atoms with van der Waals surface area (Å²) in [4.78, 5) is 25.4. The van der Waals surface area contributed by atoms with Crippen LogP contribution in [0.5, 0.6) is 0 Å². The number of carbonyl (C=O) groups is 2. The molecule has 0 spiro atoms. The van der Waals surface area contributed by atoms with Gasteiger partial charge in [-0.15, -0.1) is 0 Å². The van der Waals surface area contributed by atoms with Crippen molar-refractivity contribution in [3.05, 3.63) is 83.9 Å². The Morgan fingerprint density at radius 2 is 1.31 bits per heavy atom. The molecule has 32 heavy (non-hydrogen) atoms. The Kier molecular flexibility index (Phi) is 8.61. The molecule has 0 N–H and O–H groups in total. The van der Waals surface area contributed by atoms with Gasteiger partial charge in [-0.25, -0.2) is 9.59 Å². The van der Waals surface area contributed by atoms with Crippen LogP contribution in [-0.2, 0) is 9.47 Å². The van der Waals surface area contributed by atoms with Crippen LogP contribution in [0.15, 0.2) is 72.8 Å². The van der Waals surface area contributed by atoms with Crippen molar-refractivity contribution in [3.8, 4) is 22.3 Å². The lowest BCUT2D eigenvalue weighted by atomic mass is 9.90. The molecule has 0 fully saturated rings. The number of carbonyl (C=O) groups excluding carboxylic acids is 2. The molecule has 0 saturated carbocycles. The molecule has 0 unspecified atom stereocenters. The third-order valence-corrected chi connectivity index (χ3v) is 5.22. The van der Waals surface area contributed by atoms with E-state index in [1.54, 1.807) is 12.1 Å². The average Bonchev–Trinajstić information content (AvgIpc) is 2.84. The zero-order chi connectivity index (χ0) is 22.8. The van der Waals surface area contributed by atoms with Crippen molar-refractivity contribution in [2.75, 3.05) is 13.2 Å². The monoisotopic (exact) mass is 430 g/mol. The third kappa shape index (κ3) is 5.85. The lowest BCUT2D eigenvalue weighted by Crippen LogP contribution is -2.09. The molecule has 0 amide bonds. The highest BCUT2D eigenvalue weighted by Gasteiger charge is 2.19. The maximum Gasteiger partial charge on any atom is 0.338 e. The molecule has 0 heterocycles. The van der Waals surface area contributed by atoms with Gasteiger partial charge in [-0.2, -0.15) is 0 Å². The summed E-state index contributed by atoms with van der Waals surface area (Å²) >= 11 is 0. The number of benzene rings is 3. The van der Waals surface area contributed by atoms with Crippen molar-refractivity contribution < 1.29 is 19.1 Å². The van der Waals surface area contributed by atoms with E-state index < -0.39 is 0 Å². The van der Waals surface area contributed by atoms with Crippen LogP contribution < -0.4 is 0 Å². The van der Waals surface area contributed by atoms with Gasteiger partial charge in [0.15, 0.2) is 0 Å². The third-order valence-electron chi connectivity index (χ3n) is 5.22.